The number of rotatable bonds is 4. The zero-order chi connectivity index (χ0) is 20.5. The lowest BCUT2D eigenvalue weighted by Crippen LogP contribution is -2.30. The molecule has 148 valence electrons. The predicted molar refractivity (Wildman–Crippen MR) is 123 cm³/mol. The van der Waals surface area contributed by atoms with Gasteiger partial charge in [0.05, 0.1) is 11.7 Å². The Kier molecular flexibility index (Phi) is 4.77. The van der Waals surface area contributed by atoms with E-state index in [-0.39, 0.29) is 12.1 Å². The van der Waals surface area contributed by atoms with Crippen LogP contribution in [0.15, 0.2) is 91.4 Å². The van der Waals surface area contributed by atoms with Gasteiger partial charge in [0.25, 0.3) is 0 Å². The van der Waals surface area contributed by atoms with Gasteiger partial charge in [0.1, 0.15) is 11.9 Å². The molecule has 0 aliphatic carbocycles. The number of nitrogens with one attached hydrogen (secondary N) is 1. The van der Waals surface area contributed by atoms with Gasteiger partial charge < -0.3 is 14.8 Å². The smallest absolute Gasteiger partial charge is 0.174 e. The molecule has 1 aliphatic heterocycles. The molecule has 2 atom stereocenters. The molecule has 1 fully saturated rings. The summed E-state index contributed by atoms with van der Waals surface area (Å²) in [7, 11) is 0. The topological polar surface area (TPSA) is 46.0 Å². The van der Waals surface area contributed by atoms with Crippen LogP contribution >= 0.6 is 12.2 Å². The molecule has 30 heavy (non-hydrogen) atoms. The van der Waals surface area contributed by atoms with Crippen molar-refractivity contribution < 1.29 is 0 Å². The molecule has 0 saturated carbocycles. The van der Waals surface area contributed by atoms with E-state index in [0.29, 0.717) is 5.11 Å². The van der Waals surface area contributed by atoms with Crippen molar-refractivity contribution in [3.63, 3.8) is 0 Å². The van der Waals surface area contributed by atoms with Crippen molar-refractivity contribution in [3.8, 4) is 5.82 Å². The largest absolute Gasteiger partial charge is 0.351 e. The van der Waals surface area contributed by atoms with Gasteiger partial charge in [-0.1, -0.05) is 30.3 Å². The van der Waals surface area contributed by atoms with Crippen molar-refractivity contribution in [2.24, 2.45) is 0 Å². The second-order valence-corrected chi connectivity index (χ2v) is 7.72. The van der Waals surface area contributed by atoms with Crippen LogP contribution in [0.4, 0.5) is 5.69 Å². The highest BCUT2D eigenvalue weighted by molar-refractivity contribution is 7.80. The first-order valence-electron chi connectivity index (χ1n) is 9.88. The van der Waals surface area contributed by atoms with Crippen LogP contribution in [0.3, 0.4) is 0 Å². The molecule has 1 aromatic carbocycles. The molecular weight excluding hydrogens is 390 g/mol. The molecule has 0 amide bonds. The molecule has 0 radical (unpaired) electrons. The zero-order valence-corrected chi connectivity index (χ0v) is 17.3. The van der Waals surface area contributed by atoms with Gasteiger partial charge in [0.2, 0.25) is 0 Å². The Morgan fingerprint density at radius 1 is 0.900 bits per heavy atom. The second-order valence-electron chi connectivity index (χ2n) is 7.33. The van der Waals surface area contributed by atoms with E-state index in [2.05, 4.69) is 55.1 Å². The number of pyridine rings is 2. The fourth-order valence-electron chi connectivity index (χ4n) is 3.97. The third kappa shape index (κ3) is 3.25. The standard InChI is InChI=1S/C24H21N5S/c1-17-12-13-21(26-16-17)28-15-7-11-20(28)23-22(19-10-5-6-14-25-19)27-24(30)29(23)18-8-3-2-4-9-18/h2-16,22-23H,1H3,(H,27,30)/t22-,23-/m1/s1. The summed E-state index contributed by atoms with van der Waals surface area (Å²) >= 11 is 5.79. The van der Waals surface area contributed by atoms with Gasteiger partial charge in [0, 0.05) is 30.0 Å². The highest BCUT2D eigenvalue weighted by Crippen LogP contribution is 2.41. The van der Waals surface area contributed by atoms with Gasteiger partial charge in [-0.25, -0.2) is 4.98 Å². The maximum atomic E-state index is 5.79. The van der Waals surface area contributed by atoms with Crippen molar-refractivity contribution in [2.75, 3.05) is 4.90 Å². The first-order valence-corrected chi connectivity index (χ1v) is 10.3. The van der Waals surface area contributed by atoms with Crippen molar-refractivity contribution in [1.82, 2.24) is 19.9 Å². The summed E-state index contributed by atoms with van der Waals surface area (Å²) < 4.78 is 2.13. The predicted octanol–water partition coefficient (Wildman–Crippen LogP) is 4.75. The number of benzene rings is 1. The van der Waals surface area contributed by atoms with Crippen molar-refractivity contribution in [2.45, 2.75) is 19.0 Å². The lowest BCUT2D eigenvalue weighted by Gasteiger charge is -2.28. The fraction of sp³-hybridized carbons (Fsp3) is 0.125. The van der Waals surface area contributed by atoms with Gasteiger partial charge >= 0.3 is 0 Å². The van der Waals surface area contributed by atoms with Crippen LogP contribution in [0.5, 0.6) is 0 Å². The van der Waals surface area contributed by atoms with E-state index in [1.54, 1.807) is 0 Å². The number of para-hydroxylation sites is 1. The minimum atomic E-state index is -0.0852. The maximum Gasteiger partial charge on any atom is 0.174 e. The number of thiocarbonyl (C=S) groups is 1. The van der Waals surface area contributed by atoms with Gasteiger partial charge in [-0.3, -0.25) is 4.98 Å². The monoisotopic (exact) mass is 411 g/mol. The number of aryl methyl sites for hydroxylation is 1. The highest BCUT2D eigenvalue weighted by Gasteiger charge is 2.42. The average molecular weight is 412 g/mol. The molecule has 3 aromatic heterocycles. The molecular formula is C24H21N5S. The maximum absolute atomic E-state index is 5.79. The van der Waals surface area contributed by atoms with E-state index < -0.39 is 0 Å². The van der Waals surface area contributed by atoms with E-state index in [4.69, 9.17) is 12.2 Å². The summed E-state index contributed by atoms with van der Waals surface area (Å²) in [5.74, 6) is 0.881. The minimum Gasteiger partial charge on any atom is -0.351 e. The molecule has 5 nitrogen and oxygen atoms in total. The van der Waals surface area contributed by atoms with Crippen LogP contribution in [0, 0.1) is 6.92 Å². The van der Waals surface area contributed by atoms with Crippen LogP contribution in [0.25, 0.3) is 5.82 Å². The van der Waals surface area contributed by atoms with Crippen LogP contribution in [0.2, 0.25) is 0 Å². The van der Waals surface area contributed by atoms with Crippen LogP contribution < -0.4 is 10.2 Å². The SMILES string of the molecule is Cc1ccc(-n2cccc2[C@@H]2[C@@H](c3ccccn3)NC(=S)N2c2ccccc2)nc1. The third-order valence-corrected chi connectivity index (χ3v) is 5.67. The molecule has 0 unspecified atom stereocenters. The molecule has 4 aromatic rings. The quantitative estimate of drug-likeness (QED) is 0.491. The average Bonchev–Trinajstić information content (AvgIpc) is 3.40. The lowest BCUT2D eigenvalue weighted by atomic mass is 10.0. The Balaban J connectivity index is 1.66. The Bertz CT molecular complexity index is 1160. The van der Waals surface area contributed by atoms with Gasteiger partial charge in [-0.05, 0) is 67.2 Å². The van der Waals surface area contributed by atoms with Crippen LogP contribution in [-0.2, 0) is 0 Å². The molecule has 4 heterocycles. The molecule has 1 aliphatic rings. The summed E-state index contributed by atoms with van der Waals surface area (Å²) in [5, 5.41) is 4.19. The van der Waals surface area contributed by atoms with E-state index in [1.165, 1.54) is 0 Å². The Morgan fingerprint density at radius 2 is 1.73 bits per heavy atom. The van der Waals surface area contributed by atoms with Gasteiger partial charge in [0.15, 0.2) is 5.11 Å². The van der Waals surface area contributed by atoms with E-state index >= 15 is 0 Å². The van der Waals surface area contributed by atoms with E-state index in [9.17, 15) is 0 Å². The van der Waals surface area contributed by atoms with Crippen LogP contribution in [-0.4, -0.2) is 19.6 Å². The summed E-state index contributed by atoms with van der Waals surface area (Å²) in [5.41, 5.74) is 4.22. The summed E-state index contributed by atoms with van der Waals surface area (Å²) in [4.78, 5) is 11.4. The van der Waals surface area contributed by atoms with Crippen LogP contribution in [0.1, 0.15) is 29.0 Å². The lowest BCUT2D eigenvalue weighted by molar-refractivity contribution is 0.548. The number of aromatic nitrogens is 3. The molecule has 0 bridgehead atoms. The first kappa shape index (κ1) is 18.5. The highest BCUT2D eigenvalue weighted by atomic mass is 32.1. The zero-order valence-electron chi connectivity index (χ0n) is 16.5. The van der Waals surface area contributed by atoms with Gasteiger partial charge in [-0.2, -0.15) is 0 Å². The number of nitrogens with zero attached hydrogens (tertiary/aromatic N) is 4. The first-order chi connectivity index (χ1) is 14.7. The second kappa shape index (κ2) is 7.72. The number of hydrogen-bond donors (Lipinski definition) is 1. The Hall–Kier alpha value is -3.51. The minimum absolute atomic E-state index is 0.0760. The summed E-state index contributed by atoms with van der Waals surface area (Å²) in [6, 6.07) is 24.4. The van der Waals surface area contributed by atoms with E-state index in [0.717, 1.165) is 28.5 Å². The van der Waals surface area contributed by atoms with Crippen molar-refractivity contribution in [3.05, 3.63) is 108 Å². The fourth-order valence-corrected chi connectivity index (χ4v) is 4.31. The number of hydrogen-bond acceptors (Lipinski definition) is 3. The Labute approximate surface area is 181 Å². The van der Waals surface area contributed by atoms with E-state index in [1.807, 2.05) is 68.0 Å². The van der Waals surface area contributed by atoms with Crippen molar-refractivity contribution >= 4 is 23.0 Å². The molecule has 0 spiro atoms. The molecule has 5 rings (SSSR count). The normalized spacial score (nSPS) is 18.4. The summed E-state index contributed by atoms with van der Waals surface area (Å²) in [6.45, 7) is 2.04. The molecule has 1 saturated heterocycles. The third-order valence-electron chi connectivity index (χ3n) is 5.36. The van der Waals surface area contributed by atoms with Gasteiger partial charge in [-0.15, -0.1) is 0 Å². The van der Waals surface area contributed by atoms with Crippen molar-refractivity contribution in [1.29, 1.82) is 0 Å². The molecule has 6 heteroatoms. The Morgan fingerprint density at radius 3 is 2.47 bits per heavy atom. The number of anilines is 1. The molecule has 1 N–H and O–H groups in total. The summed E-state index contributed by atoms with van der Waals surface area (Å²) in [6.07, 6.45) is 5.76.